The Balaban J connectivity index is 2.10. The summed E-state index contributed by atoms with van der Waals surface area (Å²) in [6.07, 6.45) is 8.21. The third-order valence-electron chi connectivity index (χ3n) is 3.54. The fourth-order valence-corrected chi connectivity index (χ4v) is 2.40. The third-order valence-corrected chi connectivity index (χ3v) is 3.54. The molecule has 0 atom stereocenters. The van der Waals surface area contributed by atoms with Gasteiger partial charge in [0, 0.05) is 5.54 Å². The molecule has 0 unspecified atom stereocenters. The molecule has 3 nitrogen and oxygen atoms in total. The minimum absolute atomic E-state index is 0.216. The van der Waals surface area contributed by atoms with E-state index < -0.39 is 0 Å². The van der Waals surface area contributed by atoms with Crippen LogP contribution in [0.1, 0.15) is 44.6 Å². The second kappa shape index (κ2) is 4.32. The van der Waals surface area contributed by atoms with E-state index in [9.17, 15) is 0 Å². The summed E-state index contributed by atoms with van der Waals surface area (Å²) in [5.41, 5.74) is 7.84. The van der Waals surface area contributed by atoms with Gasteiger partial charge in [-0.1, -0.05) is 19.3 Å². The van der Waals surface area contributed by atoms with Crippen LogP contribution >= 0.6 is 0 Å². The molecule has 88 valence electrons. The molecule has 0 spiro atoms. The molecule has 1 fully saturated rings. The lowest BCUT2D eigenvalue weighted by Gasteiger charge is -2.35. The molecule has 16 heavy (non-hydrogen) atoms. The Labute approximate surface area is 97.5 Å². The summed E-state index contributed by atoms with van der Waals surface area (Å²) in [6.45, 7) is 4.31. The summed E-state index contributed by atoms with van der Waals surface area (Å²) in [5.74, 6) is 0.955. The van der Waals surface area contributed by atoms with Gasteiger partial charge < -0.3 is 11.1 Å². The lowest BCUT2D eigenvalue weighted by Crippen LogP contribution is -2.37. The number of nitrogens with two attached hydrogens (primary N) is 1. The van der Waals surface area contributed by atoms with Crippen molar-refractivity contribution in [2.75, 3.05) is 11.1 Å². The van der Waals surface area contributed by atoms with Crippen LogP contribution in [-0.2, 0) is 0 Å². The van der Waals surface area contributed by atoms with Gasteiger partial charge in [0.2, 0.25) is 0 Å². The summed E-state index contributed by atoms with van der Waals surface area (Å²) in [6, 6.07) is 2.04. The van der Waals surface area contributed by atoms with Crippen LogP contribution in [0.3, 0.4) is 0 Å². The molecule has 0 aliphatic heterocycles. The maximum Gasteiger partial charge on any atom is 0.126 e. The number of aryl methyl sites for hydroxylation is 1. The average Bonchev–Trinajstić information content (AvgIpc) is 2.24. The van der Waals surface area contributed by atoms with Crippen LogP contribution in [0.25, 0.3) is 0 Å². The molecular weight excluding hydrogens is 198 g/mol. The zero-order chi connectivity index (χ0) is 11.6. The first-order valence-electron chi connectivity index (χ1n) is 6.09. The molecule has 0 bridgehead atoms. The molecule has 0 amide bonds. The van der Waals surface area contributed by atoms with Gasteiger partial charge in [0.25, 0.3) is 0 Å². The molecule has 3 N–H and O–H groups in total. The van der Waals surface area contributed by atoms with Crippen LogP contribution in [0, 0.1) is 6.92 Å². The van der Waals surface area contributed by atoms with Crippen molar-refractivity contribution in [2.24, 2.45) is 0 Å². The van der Waals surface area contributed by atoms with Crippen LogP contribution in [0.15, 0.2) is 12.3 Å². The Kier molecular flexibility index (Phi) is 3.03. The minimum Gasteiger partial charge on any atom is -0.397 e. The highest BCUT2D eigenvalue weighted by Crippen LogP contribution is 2.31. The highest BCUT2D eigenvalue weighted by molar-refractivity contribution is 5.51. The van der Waals surface area contributed by atoms with Crippen LogP contribution in [0.2, 0.25) is 0 Å². The third kappa shape index (κ3) is 2.46. The maximum absolute atomic E-state index is 5.76. The first-order valence-corrected chi connectivity index (χ1v) is 6.09. The lowest BCUT2D eigenvalue weighted by molar-refractivity contribution is 0.348. The van der Waals surface area contributed by atoms with Crippen molar-refractivity contribution in [3.8, 4) is 0 Å². The second-order valence-corrected chi connectivity index (χ2v) is 5.17. The molecule has 1 aliphatic rings. The number of pyridine rings is 1. The van der Waals surface area contributed by atoms with Crippen molar-refractivity contribution in [1.82, 2.24) is 4.98 Å². The highest BCUT2D eigenvalue weighted by atomic mass is 15.0. The molecule has 1 heterocycles. The maximum atomic E-state index is 5.76. The SMILES string of the molecule is Cc1cc(NC2(C)CCCCC2)ncc1N. The van der Waals surface area contributed by atoms with Gasteiger partial charge in [-0.3, -0.25) is 0 Å². The fraction of sp³-hybridized carbons (Fsp3) is 0.615. The summed E-state index contributed by atoms with van der Waals surface area (Å²) in [4.78, 5) is 4.34. The van der Waals surface area contributed by atoms with Crippen molar-refractivity contribution in [3.63, 3.8) is 0 Å². The molecule has 0 radical (unpaired) electrons. The smallest absolute Gasteiger partial charge is 0.126 e. The standard InChI is InChI=1S/C13H21N3/c1-10-8-12(15-9-11(10)14)16-13(2)6-4-3-5-7-13/h8-9H,3-7,14H2,1-2H3,(H,15,16). The first kappa shape index (κ1) is 11.2. The van der Waals surface area contributed by atoms with Crippen LogP contribution in [-0.4, -0.2) is 10.5 Å². The Morgan fingerprint density at radius 3 is 2.62 bits per heavy atom. The zero-order valence-corrected chi connectivity index (χ0v) is 10.2. The van der Waals surface area contributed by atoms with E-state index >= 15 is 0 Å². The van der Waals surface area contributed by atoms with Gasteiger partial charge in [-0.2, -0.15) is 0 Å². The summed E-state index contributed by atoms with van der Waals surface area (Å²) in [5, 5.41) is 3.56. The van der Waals surface area contributed by atoms with Crippen molar-refractivity contribution in [2.45, 2.75) is 51.5 Å². The number of rotatable bonds is 2. The van der Waals surface area contributed by atoms with Gasteiger partial charge in [-0.25, -0.2) is 4.98 Å². The van der Waals surface area contributed by atoms with Crippen LogP contribution < -0.4 is 11.1 Å². The van der Waals surface area contributed by atoms with Crippen molar-refractivity contribution in [1.29, 1.82) is 0 Å². The monoisotopic (exact) mass is 219 g/mol. The number of nitrogen functional groups attached to an aromatic ring is 1. The predicted molar refractivity (Wildman–Crippen MR) is 68.5 cm³/mol. The van der Waals surface area contributed by atoms with E-state index in [1.54, 1.807) is 6.20 Å². The number of anilines is 2. The van der Waals surface area contributed by atoms with E-state index in [-0.39, 0.29) is 5.54 Å². The summed E-state index contributed by atoms with van der Waals surface area (Å²) < 4.78 is 0. The number of hydrogen-bond acceptors (Lipinski definition) is 3. The quantitative estimate of drug-likeness (QED) is 0.803. The van der Waals surface area contributed by atoms with Gasteiger partial charge in [0.1, 0.15) is 5.82 Å². The molecule has 2 rings (SSSR count). The zero-order valence-electron chi connectivity index (χ0n) is 10.2. The molecule has 0 aromatic carbocycles. The molecule has 3 heteroatoms. The highest BCUT2D eigenvalue weighted by Gasteiger charge is 2.26. The summed E-state index contributed by atoms with van der Waals surface area (Å²) >= 11 is 0. The number of aromatic nitrogens is 1. The minimum atomic E-state index is 0.216. The van der Waals surface area contributed by atoms with E-state index in [4.69, 9.17) is 5.73 Å². The van der Waals surface area contributed by atoms with E-state index in [1.807, 2.05) is 13.0 Å². The molecule has 1 aromatic rings. The molecule has 1 saturated carbocycles. The number of hydrogen-bond donors (Lipinski definition) is 2. The summed E-state index contributed by atoms with van der Waals surface area (Å²) in [7, 11) is 0. The van der Waals surface area contributed by atoms with Gasteiger partial charge in [-0.05, 0) is 38.3 Å². The Morgan fingerprint density at radius 2 is 2.00 bits per heavy atom. The Hall–Kier alpha value is -1.25. The van der Waals surface area contributed by atoms with E-state index in [1.165, 1.54) is 32.1 Å². The molecule has 1 aromatic heterocycles. The van der Waals surface area contributed by atoms with Gasteiger partial charge in [0.05, 0.1) is 11.9 Å². The molecule has 0 saturated heterocycles. The fourth-order valence-electron chi connectivity index (χ4n) is 2.40. The van der Waals surface area contributed by atoms with Crippen molar-refractivity contribution < 1.29 is 0 Å². The van der Waals surface area contributed by atoms with Crippen molar-refractivity contribution >= 4 is 11.5 Å². The van der Waals surface area contributed by atoms with E-state index in [0.717, 1.165) is 17.1 Å². The predicted octanol–water partition coefficient (Wildman–Crippen LogP) is 3.11. The van der Waals surface area contributed by atoms with Gasteiger partial charge >= 0.3 is 0 Å². The Morgan fingerprint density at radius 1 is 1.31 bits per heavy atom. The van der Waals surface area contributed by atoms with Crippen LogP contribution in [0.4, 0.5) is 11.5 Å². The topological polar surface area (TPSA) is 50.9 Å². The Bertz CT molecular complexity index is 367. The van der Waals surface area contributed by atoms with E-state index in [0.29, 0.717) is 0 Å². The largest absolute Gasteiger partial charge is 0.397 e. The van der Waals surface area contributed by atoms with Crippen LogP contribution in [0.5, 0.6) is 0 Å². The lowest BCUT2D eigenvalue weighted by atomic mass is 9.83. The number of nitrogens with one attached hydrogen (secondary N) is 1. The second-order valence-electron chi connectivity index (χ2n) is 5.17. The number of nitrogens with zero attached hydrogens (tertiary/aromatic N) is 1. The van der Waals surface area contributed by atoms with Gasteiger partial charge in [0.15, 0.2) is 0 Å². The van der Waals surface area contributed by atoms with Gasteiger partial charge in [-0.15, -0.1) is 0 Å². The first-order chi connectivity index (χ1) is 7.59. The normalized spacial score (nSPS) is 19.4. The average molecular weight is 219 g/mol. The van der Waals surface area contributed by atoms with Crippen molar-refractivity contribution in [3.05, 3.63) is 17.8 Å². The van der Waals surface area contributed by atoms with E-state index in [2.05, 4.69) is 17.2 Å². The molecular formula is C13H21N3. The molecule has 1 aliphatic carbocycles.